The van der Waals surface area contributed by atoms with Crippen molar-refractivity contribution >= 4 is 0 Å². The van der Waals surface area contributed by atoms with E-state index in [0.717, 1.165) is 36.5 Å². The van der Waals surface area contributed by atoms with E-state index in [4.69, 9.17) is 4.74 Å². The Morgan fingerprint density at radius 2 is 1.88 bits per heavy atom. The van der Waals surface area contributed by atoms with Crippen LogP contribution in [0.25, 0.3) is 11.3 Å². The van der Waals surface area contributed by atoms with Crippen LogP contribution in [0.1, 0.15) is 19.0 Å². The van der Waals surface area contributed by atoms with E-state index < -0.39 is 0 Å². The number of aromatic nitrogens is 4. The molecule has 0 fully saturated rings. The standard InChI is InChI=1S/C19H23N5O/c1-2-24-22-17(19(23-24)16-9-4-3-5-10-16)15-20-12-8-14-25-18-11-6-7-13-21-18/h3-7,9-11,13,20H,2,8,12,14-15H2,1H3. The van der Waals surface area contributed by atoms with E-state index in [0.29, 0.717) is 19.0 Å². The Balaban J connectivity index is 1.49. The van der Waals surface area contributed by atoms with Crippen LogP contribution in [0.3, 0.4) is 0 Å². The summed E-state index contributed by atoms with van der Waals surface area (Å²) in [6, 6.07) is 15.8. The van der Waals surface area contributed by atoms with E-state index in [1.807, 2.05) is 43.3 Å². The number of pyridine rings is 1. The first-order valence-corrected chi connectivity index (χ1v) is 8.61. The average molecular weight is 337 g/mol. The van der Waals surface area contributed by atoms with Crippen LogP contribution in [0.2, 0.25) is 0 Å². The molecule has 6 heteroatoms. The van der Waals surface area contributed by atoms with E-state index in [9.17, 15) is 0 Å². The second-order valence-corrected chi connectivity index (χ2v) is 5.60. The monoisotopic (exact) mass is 337 g/mol. The Bertz CT molecular complexity index is 758. The highest BCUT2D eigenvalue weighted by Crippen LogP contribution is 2.19. The number of hydrogen-bond acceptors (Lipinski definition) is 5. The number of nitrogens with one attached hydrogen (secondary N) is 1. The maximum atomic E-state index is 5.59. The number of aryl methyl sites for hydroxylation is 1. The van der Waals surface area contributed by atoms with Crippen molar-refractivity contribution in [1.29, 1.82) is 0 Å². The maximum absolute atomic E-state index is 5.59. The predicted octanol–water partition coefficient (Wildman–Crippen LogP) is 2.92. The molecule has 0 saturated heterocycles. The van der Waals surface area contributed by atoms with E-state index in [-0.39, 0.29) is 0 Å². The fourth-order valence-electron chi connectivity index (χ4n) is 2.48. The molecule has 1 N–H and O–H groups in total. The fraction of sp³-hybridized carbons (Fsp3) is 0.316. The van der Waals surface area contributed by atoms with Crippen molar-refractivity contribution in [1.82, 2.24) is 25.3 Å². The molecular weight excluding hydrogens is 314 g/mol. The third-order valence-electron chi connectivity index (χ3n) is 3.73. The Morgan fingerprint density at radius 1 is 1.04 bits per heavy atom. The van der Waals surface area contributed by atoms with Gasteiger partial charge in [-0.15, -0.1) is 0 Å². The molecule has 2 heterocycles. The van der Waals surface area contributed by atoms with Crippen molar-refractivity contribution in [3.63, 3.8) is 0 Å². The SMILES string of the molecule is CCn1nc(CNCCCOc2ccccn2)c(-c2ccccc2)n1. The molecule has 6 nitrogen and oxygen atoms in total. The molecule has 0 unspecified atom stereocenters. The minimum Gasteiger partial charge on any atom is -0.478 e. The molecule has 0 spiro atoms. The van der Waals surface area contributed by atoms with E-state index in [1.54, 1.807) is 11.0 Å². The van der Waals surface area contributed by atoms with Crippen molar-refractivity contribution in [2.24, 2.45) is 0 Å². The molecule has 2 aromatic heterocycles. The second-order valence-electron chi connectivity index (χ2n) is 5.60. The van der Waals surface area contributed by atoms with Crippen molar-refractivity contribution in [3.05, 3.63) is 60.4 Å². The van der Waals surface area contributed by atoms with Gasteiger partial charge in [0.15, 0.2) is 0 Å². The topological polar surface area (TPSA) is 64.9 Å². The summed E-state index contributed by atoms with van der Waals surface area (Å²) in [5, 5.41) is 12.6. The third-order valence-corrected chi connectivity index (χ3v) is 3.73. The van der Waals surface area contributed by atoms with Crippen LogP contribution in [-0.4, -0.2) is 33.1 Å². The molecule has 0 radical (unpaired) electrons. The molecule has 0 aliphatic heterocycles. The summed E-state index contributed by atoms with van der Waals surface area (Å²) in [6.45, 7) is 4.98. The first-order valence-electron chi connectivity index (χ1n) is 8.61. The zero-order valence-corrected chi connectivity index (χ0v) is 14.4. The van der Waals surface area contributed by atoms with Gasteiger partial charge >= 0.3 is 0 Å². The minimum atomic E-state index is 0.636. The number of nitrogens with zero attached hydrogens (tertiary/aromatic N) is 4. The van der Waals surface area contributed by atoms with Gasteiger partial charge in [-0.3, -0.25) is 0 Å². The lowest BCUT2D eigenvalue weighted by Gasteiger charge is -2.06. The lowest BCUT2D eigenvalue weighted by atomic mass is 10.1. The molecule has 1 aromatic carbocycles. The summed E-state index contributed by atoms with van der Waals surface area (Å²) in [4.78, 5) is 5.88. The first-order chi connectivity index (χ1) is 12.4. The van der Waals surface area contributed by atoms with Crippen LogP contribution in [-0.2, 0) is 13.1 Å². The molecule has 130 valence electrons. The van der Waals surface area contributed by atoms with Gasteiger partial charge in [0.1, 0.15) is 11.4 Å². The zero-order valence-electron chi connectivity index (χ0n) is 14.4. The van der Waals surface area contributed by atoms with Crippen molar-refractivity contribution in [2.75, 3.05) is 13.2 Å². The Kier molecular flexibility index (Phi) is 6.11. The molecule has 0 aliphatic carbocycles. The van der Waals surface area contributed by atoms with Crippen LogP contribution < -0.4 is 10.1 Å². The van der Waals surface area contributed by atoms with Gasteiger partial charge in [0.05, 0.1) is 13.2 Å². The molecule has 0 bridgehead atoms. The predicted molar refractivity (Wildman–Crippen MR) is 97.2 cm³/mol. The Morgan fingerprint density at radius 3 is 2.64 bits per heavy atom. The Labute approximate surface area is 147 Å². The second kappa shape index (κ2) is 8.94. The summed E-state index contributed by atoms with van der Waals surface area (Å²) in [6.07, 6.45) is 2.63. The summed E-state index contributed by atoms with van der Waals surface area (Å²) >= 11 is 0. The van der Waals surface area contributed by atoms with E-state index >= 15 is 0 Å². The molecule has 0 amide bonds. The van der Waals surface area contributed by atoms with Gasteiger partial charge in [0.2, 0.25) is 5.88 Å². The van der Waals surface area contributed by atoms with Gasteiger partial charge in [0, 0.05) is 24.4 Å². The van der Waals surface area contributed by atoms with Crippen LogP contribution in [0, 0.1) is 0 Å². The number of ether oxygens (including phenoxy) is 1. The summed E-state index contributed by atoms with van der Waals surface area (Å²) < 4.78 is 5.59. The molecule has 25 heavy (non-hydrogen) atoms. The molecule has 0 atom stereocenters. The smallest absolute Gasteiger partial charge is 0.213 e. The lowest BCUT2D eigenvalue weighted by molar-refractivity contribution is 0.296. The highest BCUT2D eigenvalue weighted by Gasteiger charge is 2.11. The Hall–Kier alpha value is -2.73. The molecular formula is C19H23N5O. The fourth-order valence-corrected chi connectivity index (χ4v) is 2.48. The zero-order chi connectivity index (χ0) is 17.3. The van der Waals surface area contributed by atoms with Gasteiger partial charge < -0.3 is 10.1 Å². The van der Waals surface area contributed by atoms with Gasteiger partial charge in [-0.25, -0.2) is 4.98 Å². The minimum absolute atomic E-state index is 0.636. The highest BCUT2D eigenvalue weighted by atomic mass is 16.5. The number of rotatable bonds is 9. The lowest BCUT2D eigenvalue weighted by Crippen LogP contribution is -2.18. The largest absolute Gasteiger partial charge is 0.478 e. The highest BCUT2D eigenvalue weighted by molar-refractivity contribution is 5.60. The van der Waals surface area contributed by atoms with Crippen LogP contribution in [0.4, 0.5) is 0 Å². The maximum Gasteiger partial charge on any atom is 0.213 e. The van der Waals surface area contributed by atoms with Crippen LogP contribution >= 0.6 is 0 Å². The van der Waals surface area contributed by atoms with Gasteiger partial charge in [-0.05, 0) is 26.0 Å². The van der Waals surface area contributed by atoms with Crippen molar-refractivity contribution in [3.8, 4) is 17.1 Å². The summed E-state index contributed by atoms with van der Waals surface area (Å²) in [5.41, 5.74) is 3.01. The van der Waals surface area contributed by atoms with Gasteiger partial charge in [-0.1, -0.05) is 36.4 Å². The first kappa shape index (κ1) is 17.1. The number of hydrogen-bond donors (Lipinski definition) is 1. The van der Waals surface area contributed by atoms with Gasteiger partial charge in [-0.2, -0.15) is 15.0 Å². The molecule has 0 aliphatic rings. The summed E-state index contributed by atoms with van der Waals surface area (Å²) in [5.74, 6) is 0.666. The van der Waals surface area contributed by atoms with Gasteiger partial charge in [0.25, 0.3) is 0 Å². The third kappa shape index (κ3) is 4.87. The van der Waals surface area contributed by atoms with Crippen molar-refractivity contribution in [2.45, 2.75) is 26.4 Å². The summed E-state index contributed by atoms with van der Waals surface area (Å²) in [7, 11) is 0. The molecule has 3 aromatic rings. The van der Waals surface area contributed by atoms with Crippen LogP contribution in [0.15, 0.2) is 54.7 Å². The number of benzene rings is 1. The molecule has 0 saturated carbocycles. The molecule has 3 rings (SSSR count). The van der Waals surface area contributed by atoms with Crippen molar-refractivity contribution < 1.29 is 4.74 Å². The quantitative estimate of drug-likeness (QED) is 0.608. The van der Waals surface area contributed by atoms with E-state index in [2.05, 4.69) is 32.6 Å². The van der Waals surface area contributed by atoms with Crippen LogP contribution in [0.5, 0.6) is 5.88 Å². The average Bonchev–Trinajstić information content (AvgIpc) is 3.09. The van der Waals surface area contributed by atoms with E-state index in [1.165, 1.54) is 0 Å². The normalized spacial score (nSPS) is 10.8.